The van der Waals surface area contributed by atoms with Gasteiger partial charge < -0.3 is 15.8 Å². The van der Waals surface area contributed by atoms with Crippen LogP contribution in [0.3, 0.4) is 0 Å². The summed E-state index contributed by atoms with van der Waals surface area (Å²) in [7, 11) is -2.46. The first-order valence-electron chi connectivity index (χ1n) is 9.63. The summed E-state index contributed by atoms with van der Waals surface area (Å²) in [6, 6.07) is 8.87. The fraction of sp³-hybridized carbons (Fsp3) is 0.333. The van der Waals surface area contributed by atoms with Crippen LogP contribution in [0.1, 0.15) is 52.0 Å². The number of carbonyl (C=O) groups excluding carboxylic acids is 2. The molecule has 0 unspecified atom stereocenters. The topological polar surface area (TPSA) is 128 Å². The minimum Gasteiger partial charge on any atom is -0.495 e. The second-order valence-corrected chi connectivity index (χ2v) is 9.00. The monoisotopic (exact) mass is 431 g/mol. The summed E-state index contributed by atoms with van der Waals surface area (Å²) in [5, 5.41) is 2.71. The van der Waals surface area contributed by atoms with Gasteiger partial charge >= 0.3 is 0 Å². The molecule has 0 aliphatic heterocycles. The Morgan fingerprint density at radius 1 is 1.10 bits per heavy atom. The lowest BCUT2D eigenvalue weighted by Gasteiger charge is -2.16. The van der Waals surface area contributed by atoms with Crippen molar-refractivity contribution < 1.29 is 22.7 Å². The second-order valence-electron chi connectivity index (χ2n) is 7.32. The normalized spacial score (nSPS) is 14.5. The summed E-state index contributed by atoms with van der Waals surface area (Å²) < 4.78 is 33.7. The number of hydrogen-bond donors (Lipinski definition) is 3. The number of nitrogens with one attached hydrogen (secondary N) is 2. The number of anilines is 1. The van der Waals surface area contributed by atoms with Gasteiger partial charge in [-0.05, 0) is 61.7 Å². The van der Waals surface area contributed by atoms with Crippen molar-refractivity contribution in [3.05, 3.63) is 53.1 Å². The van der Waals surface area contributed by atoms with Crippen molar-refractivity contribution in [3.63, 3.8) is 0 Å². The standard InChI is InChI=1S/C21H25N3O5S/c1-13-11-16(8-9-17(13)20(22)25)23-21(26)14-7-10-18(29-2)19(12-14)30(27,28)24-15-5-3-4-6-15/h7-12,15,24H,3-6H2,1-2H3,(H2,22,25)(H,23,26). The zero-order valence-corrected chi connectivity index (χ0v) is 17.7. The Hall–Kier alpha value is -2.91. The molecule has 4 N–H and O–H groups in total. The third-order valence-corrected chi connectivity index (χ3v) is 6.68. The third-order valence-electron chi connectivity index (χ3n) is 5.14. The van der Waals surface area contributed by atoms with Crippen molar-refractivity contribution in [1.29, 1.82) is 0 Å². The van der Waals surface area contributed by atoms with E-state index in [1.807, 2.05) is 0 Å². The van der Waals surface area contributed by atoms with E-state index >= 15 is 0 Å². The van der Waals surface area contributed by atoms with Crippen LogP contribution in [0.4, 0.5) is 5.69 Å². The maximum Gasteiger partial charge on any atom is 0.255 e. The smallest absolute Gasteiger partial charge is 0.255 e. The molecule has 1 fully saturated rings. The van der Waals surface area contributed by atoms with Crippen LogP contribution in [0.25, 0.3) is 0 Å². The molecule has 0 aromatic heterocycles. The van der Waals surface area contributed by atoms with E-state index in [0.29, 0.717) is 16.8 Å². The Morgan fingerprint density at radius 3 is 2.40 bits per heavy atom. The van der Waals surface area contributed by atoms with Crippen molar-refractivity contribution in [2.24, 2.45) is 5.73 Å². The predicted octanol–water partition coefficient (Wildman–Crippen LogP) is 2.58. The van der Waals surface area contributed by atoms with Crippen LogP contribution in [-0.4, -0.2) is 33.4 Å². The molecule has 1 aliphatic rings. The van der Waals surface area contributed by atoms with E-state index < -0.39 is 21.8 Å². The summed E-state index contributed by atoms with van der Waals surface area (Å²) in [6.45, 7) is 1.71. The van der Waals surface area contributed by atoms with E-state index in [1.165, 1.54) is 31.4 Å². The van der Waals surface area contributed by atoms with Gasteiger partial charge in [-0.1, -0.05) is 12.8 Å². The molecular weight excluding hydrogens is 406 g/mol. The van der Waals surface area contributed by atoms with Gasteiger partial charge in [-0.15, -0.1) is 0 Å². The van der Waals surface area contributed by atoms with Gasteiger partial charge in [0.1, 0.15) is 10.6 Å². The summed E-state index contributed by atoms with van der Waals surface area (Å²) in [5.41, 5.74) is 6.92. The molecule has 2 aromatic rings. The number of nitrogens with two attached hydrogens (primary N) is 1. The highest BCUT2D eigenvalue weighted by molar-refractivity contribution is 7.89. The Kier molecular flexibility index (Phi) is 6.42. The first kappa shape index (κ1) is 21.8. The first-order valence-corrected chi connectivity index (χ1v) is 11.1. The molecule has 0 saturated heterocycles. The Bertz CT molecular complexity index is 1080. The highest BCUT2D eigenvalue weighted by Crippen LogP contribution is 2.28. The minimum atomic E-state index is -3.84. The van der Waals surface area contributed by atoms with Crippen LogP contribution in [0.2, 0.25) is 0 Å². The van der Waals surface area contributed by atoms with E-state index in [4.69, 9.17) is 10.5 Å². The molecule has 1 saturated carbocycles. The summed E-state index contributed by atoms with van der Waals surface area (Å²) >= 11 is 0. The first-order chi connectivity index (χ1) is 14.2. The Labute approximate surface area is 175 Å². The van der Waals surface area contributed by atoms with E-state index in [0.717, 1.165) is 25.7 Å². The van der Waals surface area contributed by atoms with Gasteiger partial charge in [0, 0.05) is 22.9 Å². The lowest BCUT2D eigenvalue weighted by molar-refractivity contribution is 0.0997. The summed E-state index contributed by atoms with van der Waals surface area (Å²) in [5.74, 6) is -0.870. The molecule has 30 heavy (non-hydrogen) atoms. The molecule has 0 bridgehead atoms. The highest BCUT2D eigenvalue weighted by Gasteiger charge is 2.26. The van der Waals surface area contributed by atoms with Gasteiger partial charge in [0.2, 0.25) is 15.9 Å². The van der Waals surface area contributed by atoms with Crippen LogP contribution in [0, 0.1) is 6.92 Å². The van der Waals surface area contributed by atoms with E-state index in [2.05, 4.69) is 10.0 Å². The van der Waals surface area contributed by atoms with E-state index in [-0.39, 0.29) is 22.3 Å². The van der Waals surface area contributed by atoms with Gasteiger partial charge in [0.25, 0.3) is 5.91 Å². The average Bonchev–Trinajstić information content (AvgIpc) is 3.19. The summed E-state index contributed by atoms with van der Waals surface area (Å²) in [6.07, 6.45) is 3.56. The molecule has 0 spiro atoms. The van der Waals surface area contributed by atoms with Crippen LogP contribution < -0.4 is 20.5 Å². The van der Waals surface area contributed by atoms with Crippen LogP contribution in [-0.2, 0) is 10.0 Å². The highest BCUT2D eigenvalue weighted by atomic mass is 32.2. The maximum atomic E-state index is 12.9. The number of benzene rings is 2. The number of rotatable bonds is 7. The molecule has 0 atom stereocenters. The van der Waals surface area contributed by atoms with E-state index in [9.17, 15) is 18.0 Å². The van der Waals surface area contributed by atoms with E-state index in [1.54, 1.807) is 19.1 Å². The molecule has 2 aromatic carbocycles. The molecule has 1 aliphatic carbocycles. The van der Waals surface area contributed by atoms with Gasteiger partial charge in [0.05, 0.1) is 7.11 Å². The number of aryl methyl sites for hydroxylation is 1. The molecule has 0 radical (unpaired) electrons. The number of ether oxygens (including phenoxy) is 1. The van der Waals surface area contributed by atoms with Crippen molar-refractivity contribution in [2.45, 2.75) is 43.5 Å². The average molecular weight is 432 g/mol. The van der Waals surface area contributed by atoms with Crippen molar-refractivity contribution in [3.8, 4) is 5.75 Å². The number of hydrogen-bond acceptors (Lipinski definition) is 5. The molecule has 9 heteroatoms. The number of methoxy groups -OCH3 is 1. The van der Waals surface area contributed by atoms with Crippen LogP contribution in [0.15, 0.2) is 41.3 Å². The Morgan fingerprint density at radius 2 is 1.80 bits per heavy atom. The molecule has 3 rings (SSSR count). The number of carbonyl (C=O) groups is 2. The van der Waals surface area contributed by atoms with Gasteiger partial charge in [-0.25, -0.2) is 13.1 Å². The molecule has 2 amide bonds. The van der Waals surface area contributed by atoms with Crippen molar-refractivity contribution in [1.82, 2.24) is 4.72 Å². The van der Waals surface area contributed by atoms with Crippen molar-refractivity contribution in [2.75, 3.05) is 12.4 Å². The summed E-state index contributed by atoms with van der Waals surface area (Å²) in [4.78, 5) is 24.0. The Balaban J connectivity index is 1.85. The molecule has 160 valence electrons. The van der Waals surface area contributed by atoms with Gasteiger partial charge in [-0.3, -0.25) is 9.59 Å². The SMILES string of the molecule is COc1ccc(C(=O)Nc2ccc(C(N)=O)c(C)c2)cc1S(=O)(=O)NC1CCCC1. The van der Waals surface area contributed by atoms with Crippen LogP contribution >= 0.6 is 0 Å². The fourth-order valence-electron chi connectivity index (χ4n) is 3.58. The second kappa shape index (κ2) is 8.85. The fourth-order valence-corrected chi connectivity index (χ4v) is 5.08. The van der Waals surface area contributed by atoms with Gasteiger partial charge in [-0.2, -0.15) is 0 Å². The lowest BCUT2D eigenvalue weighted by atomic mass is 10.1. The predicted molar refractivity (Wildman–Crippen MR) is 113 cm³/mol. The number of primary amides is 1. The third kappa shape index (κ3) is 4.80. The maximum absolute atomic E-state index is 12.9. The van der Waals surface area contributed by atoms with Crippen molar-refractivity contribution >= 4 is 27.5 Å². The largest absolute Gasteiger partial charge is 0.495 e. The van der Waals surface area contributed by atoms with Gasteiger partial charge in [0.15, 0.2) is 0 Å². The minimum absolute atomic E-state index is 0.0789. The molecule has 0 heterocycles. The zero-order chi connectivity index (χ0) is 21.9. The zero-order valence-electron chi connectivity index (χ0n) is 16.9. The lowest BCUT2D eigenvalue weighted by Crippen LogP contribution is -2.33. The molecular formula is C21H25N3O5S. The molecule has 8 nitrogen and oxygen atoms in total. The van der Waals surface area contributed by atoms with Crippen LogP contribution in [0.5, 0.6) is 5.75 Å². The number of amides is 2. The number of sulfonamides is 1. The quantitative estimate of drug-likeness (QED) is 0.621.